The highest BCUT2D eigenvalue weighted by atomic mass is 16.3. The van der Waals surface area contributed by atoms with Crippen molar-refractivity contribution in [3.05, 3.63) is 24.2 Å². The zero-order valence-corrected chi connectivity index (χ0v) is 7.20. The topological polar surface area (TPSA) is 39.2 Å². The lowest BCUT2D eigenvalue weighted by molar-refractivity contribution is 0.415. The first-order chi connectivity index (χ1) is 5.86. The molecule has 0 bridgehead atoms. The van der Waals surface area contributed by atoms with Crippen molar-refractivity contribution in [3.8, 4) is 0 Å². The molecule has 2 N–H and O–H groups in total. The third-order valence-electron chi connectivity index (χ3n) is 2.76. The summed E-state index contributed by atoms with van der Waals surface area (Å²) in [5, 5.41) is 0. The SMILES string of the molecule is N[C@H]1CCC[C@H]1Cc1ccco1. The molecule has 66 valence electrons. The minimum atomic E-state index is 0.398. The second-order valence-corrected chi connectivity index (χ2v) is 3.64. The Bertz CT molecular complexity index is 230. The molecule has 1 aromatic rings. The van der Waals surface area contributed by atoms with E-state index < -0.39 is 0 Å². The van der Waals surface area contributed by atoms with Gasteiger partial charge in [-0.2, -0.15) is 0 Å². The van der Waals surface area contributed by atoms with Crippen molar-refractivity contribution >= 4 is 0 Å². The average molecular weight is 165 g/mol. The molecule has 2 heteroatoms. The van der Waals surface area contributed by atoms with Crippen LogP contribution in [0.15, 0.2) is 22.8 Å². The van der Waals surface area contributed by atoms with Crippen molar-refractivity contribution in [1.82, 2.24) is 0 Å². The van der Waals surface area contributed by atoms with Crippen molar-refractivity contribution in [3.63, 3.8) is 0 Å². The molecule has 12 heavy (non-hydrogen) atoms. The van der Waals surface area contributed by atoms with Crippen LogP contribution in [0.4, 0.5) is 0 Å². The molecule has 1 saturated carbocycles. The average Bonchev–Trinajstić information content (AvgIpc) is 2.65. The summed E-state index contributed by atoms with van der Waals surface area (Å²) in [6, 6.07) is 4.37. The van der Waals surface area contributed by atoms with Crippen LogP contribution in [0.1, 0.15) is 25.0 Å². The van der Waals surface area contributed by atoms with Crippen molar-refractivity contribution in [1.29, 1.82) is 0 Å². The summed E-state index contributed by atoms with van der Waals surface area (Å²) in [6.07, 6.45) is 6.49. The van der Waals surface area contributed by atoms with Crippen LogP contribution in [0.25, 0.3) is 0 Å². The maximum Gasteiger partial charge on any atom is 0.104 e. The zero-order valence-electron chi connectivity index (χ0n) is 7.20. The van der Waals surface area contributed by atoms with Gasteiger partial charge in [-0.15, -0.1) is 0 Å². The van der Waals surface area contributed by atoms with Gasteiger partial charge in [0.1, 0.15) is 5.76 Å². The molecule has 0 unspecified atom stereocenters. The van der Waals surface area contributed by atoms with Crippen LogP contribution >= 0.6 is 0 Å². The molecular weight excluding hydrogens is 150 g/mol. The Morgan fingerprint density at radius 1 is 1.50 bits per heavy atom. The molecule has 1 aliphatic rings. The highest BCUT2D eigenvalue weighted by molar-refractivity contribution is 5.01. The fourth-order valence-electron chi connectivity index (χ4n) is 2.01. The fraction of sp³-hybridized carbons (Fsp3) is 0.600. The van der Waals surface area contributed by atoms with Crippen LogP contribution in [-0.4, -0.2) is 6.04 Å². The van der Waals surface area contributed by atoms with E-state index in [-0.39, 0.29) is 0 Å². The molecule has 0 amide bonds. The van der Waals surface area contributed by atoms with E-state index in [1.54, 1.807) is 6.26 Å². The third-order valence-corrected chi connectivity index (χ3v) is 2.76. The van der Waals surface area contributed by atoms with E-state index >= 15 is 0 Å². The number of nitrogens with two attached hydrogens (primary N) is 1. The summed E-state index contributed by atoms with van der Waals surface area (Å²) < 4.78 is 5.29. The Balaban J connectivity index is 1.95. The zero-order chi connectivity index (χ0) is 8.39. The molecule has 2 nitrogen and oxygen atoms in total. The smallest absolute Gasteiger partial charge is 0.104 e. The predicted molar refractivity (Wildman–Crippen MR) is 47.7 cm³/mol. The van der Waals surface area contributed by atoms with E-state index in [0.29, 0.717) is 12.0 Å². The Morgan fingerprint density at radius 2 is 2.42 bits per heavy atom. The molecule has 1 heterocycles. The van der Waals surface area contributed by atoms with Gasteiger partial charge in [-0.05, 0) is 30.9 Å². The standard InChI is InChI=1S/C10H15NO/c11-10-5-1-3-8(10)7-9-4-2-6-12-9/h2,4,6,8,10H,1,3,5,7,11H2/t8-,10-/m0/s1. The van der Waals surface area contributed by atoms with Gasteiger partial charge < -0.3 is 10.2 Å². The second-order valence-electron chi connectivity index (χ2n) is 3.64. The van der Waals surface area contributed by atoms with Gasteiger partial charge in [0.05, 0.1) is 6.26 Å². The van der Waals surface area contributed by atoms with Crippen LogP contribution in [0.5, 0.6) is 0 Å². The van der Waals surface area contributed by atoms with Gasteiger partial charge in [0.15, 0.2) is 0 Å². The van der Waals surface area contributed by atoms with E-state index in [0.717, 1.165) is 12.2 Å². The van der Waals surface area contributed by atoms with Gasteiger partial charge in [0, 0.05) is 12.5 Å². The molecule has 0 aliphatic heterocycles. The number of rotatable bonds is 2. The molecule has 2 rings (SSSR count). The minimum Gasteiger partial charge on any atom is -0.469 e. The largest absolute Gasteiger partial charge is 0.469 e. The normalized spacial score (nSPS) is 29.4. The maximum absolute atomic E-state index is 5.95. The van der Waals surface area contributed by atoms with Gasteiger partial charge in [-0.3, -0.25) is 0 Å². The summed E-state index contributed by atoms with van der Waals surface area (Å²) in [6.45, 7) is 0. The van der Waals surface area contributed by atoms with Gasteiger partial charge in [-0.1, -0.05) is 6.42 Å². The first kappa shape index (κ1) is 7.87. The van der Waals surface area contributed by atoms with Gasteiger partial charge >= 0.3 is 0 Å². The summed E-state index contributed by atoms with van der Waals surface area (Å²) in [7, 11) is 0. The van der Waals surface area contributed by atoms with Crippen molar-refractivity contribution in [2.75, 3.05) is 0 Å². The van der Waals surface area contributed by atoms with Crippen molar-refractivity contribution in [2.45, 2.75) is 31.7 Å². The number of hydrogen-bond acceptors (Lipinski definition) is 2. The summed E-state index contributed by atoms with van der Waals surface area (Å²) in [5.74, 6) is 1.73. The first-order valence-corrected chi connectivity index (χ1v) is 4.64. The lowest BCUT2D eigenvalue weighted by Gasteiger charge is -2.12. The summed E-state index contributed by atoms with van der Waals surface area (Å²) in [4.78, 5) is 0. The lowest BCUT2D eigenvalue weighted by atomic mass is 9.99. The Morgan fingerprint density at radius 3 is 3.00 bits per heavy atom. The Labute approximate surface area is 72.7 Å². The molecule has 0 saturated heterocycles. The number of hydrogen-bond donors (Lipinski definition) is 1. The van der Waals surface area contributed by atoms with Crippen LogP contribution in [0.2, 0.25) is 0 Å². The molecule has 0 aromatic carbocycles. The van der Waals surface area contributed by atoms with E-state index in [1.165, 1.54) is 19.3 Å². The van der Waals surface area contributed by atoms with Gasteiger partial charge in [0.25, 0.3) is 0 Å². The quantitative estimate of drug-likeness (QED) is 0.727. The van der Waals surface area contributed by atoms with Crippen LogP contribution in [-0.2, 0) is 6.42 Å². The fourth-order valence-corrected chi connectivity index (χ4v) is 2.01. The molecule has 0 radical (unpaired) electrons. The van der Waals surface area contributed by atoms with E-state index in [1.807, 2.05) is 12.1 Å². The summed E-state index contributed by atoms with van der Waals surface area (Å²) in [5.41, 5.74) is 5.95. The van der Waals surface area contributed by atoms with Gasteiger partial charge in [-0.25, -0.2) is 0 Å². The van der Waals surface area contributed by atoms with E-state index in [9.17, 15) is 0 Å². The van der Waals surface area contributed by atoms with Crippen LogP contribution in [0.3, 0.4) is 0 Å². The third kappa shape index (κ3) is 1.53. The minimum absolute atomic E-state index is 0.398. The highest BCUT2D eigenvalue weighted by Gasteiger charge is 2.24. The molecule has 1 aromatic heterocycles. The molecule has 2 atom stereocenters. The first-order valence-electron chi connectivity index (χ1n) is 4.64. The second kappa shape index (κ2) is 3.31. The van der Waals surface area contributed by atoms with Crippen molar-refractivity contribution < 1.29 is 4.42 Å². The van der Waals surface area contributed by atoms with Crippen molar-refractivity contribution in [2.24, 2.45) is 11.7 Å². The van der Waals surface area contributed by atoms with Crippen LogP contribution in [0, 0.1) is 5.92 Å². The maximum atomic E-state index is 5.95. The highest BCUT2D eigenvalue weighted by Crippen LogP contribution is 2.27. The Kier molecular flexibility index (Phi) is 2.17. The van der Waals surface area contributed by atoms with E-state index in [4.69, 9.17) is 10.2 Å². The molecule has 0 spiro atoms. The van der Waals surface area contributed by atoms with Crippen LogP contribution < -0.4 is 5.73 Å². The number of furan rings is 1. The molecule has 1 aliphatic carbocycles. The molecular formula is C10H15NO. The summed E-state index contributed by atoms with van der Waals surface area (Å²) >= 11 is 0. The molecule has 1 fully saturated rings. The van der Waals surface area contributed by atoms with E-state index in [2.05, 4.69) is 0 Å². The predicted octanol–water partition coefficient (Wildman–Crippen LogP) is 1.95. The van der Waals surface area contributed by atoms with Gasteiger partial charge in [0.2, 0.25) is 0 Å². The Hall–Kier alpha value is -0.760. The monoisotopic (exact) mass is 165 g/mol. The lowest BCUT2D eigenvalue weighted by Crippen LogP contribution is -2.25.